The number of aromatic nitrogens is 3. The van der Waals surface area contributed by atoms with Crippen molar-refractivity contribution >= 4 is 23.2 Å². The van der Waals surface area contributed by atoms with Crippen molar-refractivity contribution in [2.75, 3.05) is 5.32 Å². The van der Waals surface area contributed by atoms with Crippen LogP contribution in [0.5, 0.6) is 11.6 Å². The molecule has 186 valence electrons. The molecule has 4 aromatic rings. The maximum absolute atomic E-state index is 13.2. The van der Waals surface area contributed by atoms with Crippen molar-refractivity contribution in [1.29, 1.82) is 0 Å². The second-order valence-corrected chi connectivity index (χ2v) is 8.03. The number of imidazole rings is 1. The van der Waals surface area contributed by atoms with Crippen LogP contribution in [-0.4, -0.2) is 31.5 Å². The second kappa shape index (κ2) is 9.78. The van der Waals surface area contributed by atoms with E-state index in [0.717, 1.165) is 16.7 Å². The predicted molar refractivity (Wildman–Crippen MR) is 126 cm³/mol. The van der Waals surface area contributed by atoms with Gasteiger partial charge in [0.15, 0.2) is 0 Å². The van der Waals surface area contributed by atoms with Gasteiger partial charge in [-0.15, -0.1) is 13.2 Å². The van der Waals surface area contributed by atoms with Gasteiger partial charge in [-0.1, -0.05) is 23.7 Å². The number of halogens is 4. The Bertz CT molecular complexity index is 1480. The first-order valence-electron chi connectivity index (χ1n) is 10.4. The maximum Gasteiger partial charge on any atom is 0.573 e. The van der Waals surface area contributed by atoms with Crippen LogP contribution in [-0.2, 0) is 6.54 Å². The van der Waals surface area contributed by atoms with Crippen LogP contribution >= 0.6 is 11.6 Å². The molecule has 0 saturated carbocycles. The highest BCUT2D eigenvalue weighted by Gasteiger charge is 2.31. The second-order valence-electron chi connectivity index (χ2n) is 7.62. The number of ether oxygens (including phenoxy) is 1. The Morgan fingerprint density at radius 1 is 1.14 bits per heavy atom. The van der Waals surface area contributed by atoms with Gasteiger partial charge in [-0.25, -0.2) is 9.36 Å². The number of anilines is 1. The molecule has 2 heterocycles. The Kier molecular flexibility index (Phi) is 6.75. The van der Waals surface area contributed by atoms with Crippen LogP contribution in [0, 0.1) is 6.92 Å². The monoisotopic (exact) mass is 518 g/mol. The number of aromatic hydroxyl groups is 1. The quantitative estimate of drug-likeness (QED) is 0.378. The smallest absolute Gasteiger partial charge is 0.493 e. The number of hydrogen-bond acceptors (Lipinski definition) is 5. The third kappa shape index (κ3) is 5.20. The van der Waals surface area contributed by atoms with Gasteiger partial charge in [0.25, 0.3) is 5.91 Å². The molecule has 2 N–H and O–H groups in total. The standard InChI is InChI=1S/C24H18ClF3N4O4/c1-14-22(34)32(16-6-8-17(9-7-16)36-24(26,27)28)23(35)31(14)13-15-10-11-29-12-20(15)30-21(33)18-4-2-3-5-19(18)25/h2-12,34H,13H2,1H3,(H,30,33). The Balaban J connectivity index is 1.64. The molecule has 0 bridgehead atoms. The maximum atomic E-state index is 13.2. The Morgan fingerprint density at radius 3 is 2.50 bits per heavy atom. The van der Waals surface area contributed by atoms with Crippen LogP contribution in [0.1, 0.15) is 21.6 Å². The minimum atomic E-state index is -4.86. The third-order valence-corrected chi connectivity index (χ3v) is 5.63. The van der Waals surface area contributed by atoms with E-state index in [0.29, 0.717) is 11.3 Å². The summed E-state index contributed by atoms with van der Waals surface area (Å²) >= 11 is 6.10. The van der Waals surface area contributed by atoms with E-state index in [4.69, 9.17) is 11.6 Å². The number of carbonyl (C=O) groups excluding carboxylic acids is 1. The van der Waals surface area contributed by atoms with E-state index in [1.54, 1.807) is 30.3 Å². The summed E-state index contributed by atoms with van der Waals surface area (Å²) in [4.78, 5) is 29.9. The Morgan fingerprint density at radius 2 is 1.83 bits per heavy atom. The summed E-state index contributed by atoms with van der Waals surface area (Å²) in [5.41, 5.74) is 0.793. The minimum absolute atomic E-state index is 0.0405. The van der Waals surface area contributed by atoms with Crippen LogP contribution < -0.4 is 15.7 Å². The molecular formula is C24H18ClF3N4O4. The van der Waals surface area contributed by atoms with Crippen molar-refractivity contribution in [1.82, 2.24) is 14.1 Å². The first kappa shape index (κ1) is 24.9. The van der Waals surface area contributed by atoms with Crippen LogP contribution in [0.2, 0.25) is 5.02 Å². The van der Waals surface area contributed by atoms with E-state index in [9.17, 15) is 27.9 Å². The average molecular weight is 519 g/mol. The van der Waals surface area contributed by atoms with Gasteiger partial charge in [0, 0.05) is 6.20 Å². The van der Waals surface area contributed by atoms with Gasteiger partial charge in [0.2, 0.25) is 5.88 Å². The van der Waals surface area contributed by atoms with Crippen molar-refractivity contribution in [3.63, 3.8) is 0 Å². The molecule has 0 radical (unpaired) electrons. The molecule has 2 aromatic heterocycles. The summed E-state index contributed by atoms with van der Waals surface area (Å²) < 4.78 is 43.3. The van der Waals surface area contributed by atoms with Gasteiger partial charge in [0.1, 0.15) is 5.75 Å². The third-order valence-electron chi connectivity index (χ3n) is 5.30. The van der Waals surface area contributed by atoms with Gasteiger partial charge < -0.3 is 15.2 Å². The lowest BCUT2D eigenvalue weighted by Crippen LogP contribution is -2.25. The SMILES string of the molecule is Cc1c(O)n(-c2ccc(OC(F)(F)F)cc2)c(=O)n1Cc1ccncc1NC(=O)c1ccccc1Cl. The van der Waals surface area contributed by atoms with Gasteiger partial charge in [-0.05, 0) is 55.0 Å². The zero-order valence-electron chi connectivity index (χ0n) is 18.6. The summed E-state index contributed by atoms with van der Waals surface area (Å²) in [5.74, 6) is -1.33. The van der Waals surface area contributed by atoms with Crippen molar-refractivity contribution in [3.05, 3.63) is 99.3 Å². The number of amides is 1. The number of pyridine rings is 1. The minimum Gasteiger partial charge on any atom is -0.493 e. The van der Waals surface area contributed by atoms with Crippen molar-refractivity contribution in [2.24, 2.45) is 0 Å². The first-order chi connectivity index (χ1) is 17.0. The number of nitrogens with zero attached hydrogens (tertiary/aromatic N) is 3. The first-order valence-corrected chi connectivity index (χ1v) is 10.8. The number of alkyl halides is 3. The molecule has 0 aliphatic heterocycles. The highest BCUT2D eigenvalue weighted by atomic mass is 35.5. The highest BCUT2D eigenvalue weighted by Crippen LogP contribution is 2.27. The highest BCUT2D eigenvalue weighted by molar-refractivity contribution is 6.34. The van der Waals surface area contributed by atoms with Gasteiger partial charge >= 0.3 is 12.1 Å². The Hall–Kier alpha value is -4.25. The molecule has 0 saturated heterocycles. The summed E-state index contributed by atoms with van der Waals surface area (Å²) in [6.45, 7) is 1.47. The summed E-state index contributed by atoms with van der Waals surface area (Å²) in [6.07, 6.45) is -1.96. The van der Waals surface area contributed by atoms with Crippen molar-refractivity contribution in [2.45, 2.75) is 19.8 Å². The van der Waals surface area contributed by atoms with E-state index in [1.165, 1.54) is 36.0 Å². The van der Waals surface area contributed by atoms with Crippen LogP contribution in [0.15, 0.2) is 71.8 Å². The molecule has 0 spiro atoms. The van der Waals surface area contributed by atoms with Crippen LogP contribution in [0.4, 0.5) is 18.9 Å². The van der Waals surface area contributed by atoms with Gasteiger partial charge in [-0.3, -0.25) is 14.3 Å². The molecule has 8 nitrogen and oxygen atoms in total. The van der Waals surface area contributed by atoms with E-state index in [-0.39, 0.29) is 34.4 Å². The lowest BCUT2D eigenvalue weighted by Gasteiger charge is -2.12. The van der Waals surface area contributed by atoms with Crippen LogP contribution in [0.3, 0.4) is 0 Å². The van der Waals surface area contributed by atoms with Crippen molar-refractivity contribution < 1.29 is 27.8 Å². The Labute approximate surface area is 207 Å². The fourth-order valence-electron chi connectivity index (χ4n) is 3.53. The molecule has 1 amide bonds. The number of rotatable bonds is 6. The molecule has 2 aromatic carbocycles. The van der Waals surface area contributed by atoms with Gasteiger partial charge in [-0.2, -0.15) is 0 Å². The summed E-state index contributed by atoms with van der Waals surface area (Å²) in [5, 5.41) is 13.6. The summed E-state index contributed by atoms with van der Waals surface area (Å²) in [6, 6.07) is 12.6. The van der Waals surface area contributed by atoms with E-state index in [2.05, 4.69) is 15.0 Å². The fourth-order valence-corrected chi connectivity index (χ4v) is 3.75. The molecule has 12 heteroatoms. The number of hydrogen-bond donors (Lipinski definition) is 2. The van der Waals surface area contributed by atoms with Gasteiger partial charge in [0.05, 0.1) is 40.4 Å². The van der Waals surface area contributed by atoms with E-state index >= 15 is 0 Å². The molecule has 36 heavy (non-hydrogen) atoms. The largest absolute Gasteiger partial charge is 0.573 e. The average Bonchev–Trinajstić information content (AvgIpc) is 3.03. The summed E-state index contributed by atoms with van der Waals surface area (Å²) in [7, 11) is 0. The van der Waals surface area contributed by atoms with Crippen molar-refractivity contribution in [3.8, 4) is 17.3 Å². The zero-order valence-corrected chi connectivity index (χ0v) is 19.3. The lowest BCUT2D eigenvalue weighted by molar-refractivity contribution is -0.274. The van der Waals surface area contributed by atoms with E-state index in [1.807, 2.05) is 0 Å². The number of carbonyl (C=O) groups is 1. The van der Waals surface area contributed by atoms with E-state index < -0.39 is 23.7 Å². The van der Waals surface area contributed by atoms with Crippen LogP contribution in [0.25, 0.3) is 5.69 Å². The molecule has 0 aliphatic carbocycles. The predicted octanol–water partition coefficient (Wildman–Crippen LogP) is 4.90. The molecule has 0 fully saturated rings. The molecule has 0 unspecified atom stereocenters. The lowest BCUT2D eigenvalue weighted by atomic mass is 10.2. The number of nitrogens with one attached hydrogen (secondary N) is 1. The molecule has 4 rings (SSSR count). The zero-order chi connectivity index (χ0) is 26.0. The molecular weight excluding hydrogens is 501 g/mol. The number of benzene rings is 2. The molecule has 0 aliphatic rings. The molecule has 0 atom stereocenters. The normalized spacial score (nSPS) is 11.4. The topological polar surface area (TPSA) is 98.4 Å². The fraction of sp³-hybridized carbons (Fsp3) is 0.125.